The zero-order valence-electron chi connectivity index (χ0n) is 8.67. The van der Waals surface area contributed by atoms with E-state index in [1.807, 2.05) is 0 Å². The molecule has 2 nitrogen and oxygen atoms in total. The van der Waals surface area contributed by atoms with Gasteiger partial charge in [0.25, 0.3) is 0 Å². The van der Waals surface area contributed by atoms with Crippen molar-refractivity contribution in [1.29, 1.82) is 0 Å². The molecule has 0 amide bonds. The van der Waals surface area contributed by atoms with Crippen LogP contribution in [0.1, 0.15) is 33.6 Å². The minimum Gasteiger partial charge on any atom is -0.393 e. The average molecular weight is 171 g/mol. The highest BCUT2D eigenvalue weighted by Crippen LogP contribution is 2.30. The Labute approximate surface area is 75.6 Å². The number of aliphatic hydroxyl groups excluding tert-OH is 1. The standard InChI is InChI=1S/C10H21NO/c1-10(2,3)9-7-8(12)5-6-11(9)4/h8-9,12H,5-7H2,1-4H3. The maximum Gasteiger partial charge on any atom is 0.0567 e. The van der Waals surface area contributed by atoms with Gasteiger partial charge in [0.05, 0.1) is 6.10 Å². The molecule has 2 atom stereocenters. The Morgan fingerprint density at radius 3 is 2.33 bits per heavy atom. The normalized spacial score (nSPS) is 33.8. The summed E-state index contributed by atoms with van der Waals surface area (Å²) in [6.45, 7) is 7.76. The number of nitrogens with zero attached hydrogens (tertiary/aromatic N) is 1. The molecule has 0 aromatic heterocycles. The smallest absolute Gasteiger partial charge is 0.0567 e. The van der Waals surface area contributed by atoms with Crippen molar-refractivity contribution in [3.63, 3.8) is 0 Å². The number of rotatable bonds is 0. The Bertz CT molecular complexity index is 150. The van der Waals surface area contributed by atoms with E-state index in [0.29, 0.717) is 6.04 Å². The van der Waals surface area contributed by atoms with Crippen LogP contribution in [0.3, 0.4) is 0 Å². The largest absolute Gasteiger partial charge is 0.393 e. The molecule has 1 aliphatic rings. The lowest BCUT2D eigenvalue weighted by Gasteiger charge is -2.43. The van der Waals surface area contributed by atoms with Crippen LogP contribution >= 0.6 is 0 Å². The average Bonchev–Trinajstić information content (AvgIpc) is 1.92. The van der Waals surface area contributed by atoms with Crippen LogP contribution in [-0.2, 0) is 0 Å². The third kappa shape index (κ3) is 2.20. The molecule has 0 spiro atoms. The van der Waals surface area contributed by atoms with Crippen LogP contribution in [0.15, 0.2) is 0 Å². The molecule has 2 unspecified atom stereocenters. The number of hydrogen-bond donors (Lipinski definition) is 1. The van der Waals surface area contributed by atoms with Gasteiger partial charge in [0.15, 0.2) is 0 Å². The van der Waals surface area contributed by atoms with E-state index in [1.165, 1.54) is 0 Å². The molecule has 1 fully saturated rings. The fourth-order valence-electron chi connectivity index (χ4n) is 2.08. The lowest BCUT2D eigenvalue weighted by molar-refractivity contribution is 0.0105. The molecule has 1 heterocycles. The third-order valence-electron chi connectivity index (χ3n) is 2.84. The van der Waals surface area contributed by atoms with Gasteiger partial charge in [-0.25, -0.2) is 0 Å². The van der Waals surface area contributed by atoms with Crippen molar-refractivity contribution in [3.05, 3.63) is 0 Å². The summed E-state index contributed by atoms with van der Waals surface area (Å²) in [6, 6.07) is 0.529. The molecule has 1 rings (SSSR count). The van der Waals surface area contributed by atoms with E-state index >= 15 is 0 Å². The van der Waals surface area contributed by atoms with Gasteiger partial charge in [-0.15, -0.1) is 0 Å². The summed E-state index contributed by atoms with van der Waals surface area (Å²) in [5, 5.41) is 9.53. The fraction of sp³-hybridized carbons (Fsp3) is 1.00. The summed E-state index contributed by atoms with van der Waals surface area (Å²) in [5.41, 5.74) is 0.288. The van der Waals surface area contributed by atoms with Gasteiger partial charge in [0, 0.05) is 12.6 Å². The molecule has 72 valence electrons. The minimum atomic E-state index is -0.0783. The maximum absolute atomic E-state index is 9.53. The van der Waals surface area contributed by atoms with Gasteiger partial charge in [-0.1, -0.05) is 20.8 Å². The Hall–Kier alpha value is -0.0800. The first-order valence-electron chi connectivity index (χ1n) is 4.79. The van der Waals surface area contributed by atoms with E-state index in [1.54, 1.807) is 0 Å². The molecule has 0 bridgehead atoms. The van der Waals surface area contributed by atoms with E-state index in [2.05, 4.69) is 32.7 Å². The summed E-state index contributed by atoms with van der Waals surface area (Å²) < 4.78 is 0. The third-order valence-corrected chi connectivity index (χ3v) is 2.84. The van der Waals surface area contributed by atoms with Gasteiger partial charge in [-0.2, -0.15) is 0 Å². The van der Waals surface area contributed by atoms with Crippen LogP contribution in [0, 0.1) is 5.41 Å². The molecule has 1 N–H and O–H groups in total. The topological polar surface area (TPSA) is 23.5 Å². The highest BCUT2D eigenvalue weighted by Gasteiger charge is 2.33. The second-order valence-corrected chi connectivity index (χ2v) is 5.04. The first-order valence-corrected chi connectivity index (χ1v) is 4.79. The predicted octanol–water partition coefficient (Wildman–Crippen LogP) is 1.49. The van der Waals surface area contributed by atoms with E-state index in [0.717, 1.165) is 19.4 Å². The number of hydrogen-bond acceptors (Lipinski definition) is 2. The van der Waals surface area contributed by atoms with E-state index in [9.17, 15) is 5.11 Å². The van der Waals surface area contributed by atoms with Crippen molar-refractivity contribution >= 4 is 0 Å². The Kier molecular flexibility index (Phi) is 2.79. The number of piperidine rings is 1. The summed E-state index contributed by atoms with van der Waals surface area (Å²) in [4.78, 5) is 2.37. The van der Waals surface area contributed by atoms with E-state index in [-0.39, 0.29) is 11.5 Å². The molecule has 0 radical (unpaired) electrons. The van der Waals surface area contributed by atoms with Crippen LogP contribution in [-0.4, -0.2) is 35.7 Å². The first kappa shape index (κ1) is 10.0. The summed E-state index contributed by atoms with van der Waals surface area (Å²) in [6.07, 6.45) is 1.79. The summed E-state index contributed by atoms with van der Waals surface area (Å²) in [7, 11) is 2.15. The van der Waals surface area contributed by atoms with Crippen molar-refractivity contribution in [2.45, 2.75) is 45.8 Å². The highest BCUT2D eigenvalue weighted by atomic mass is 16.3. The number of aliphatic hydroxyl groups is 1. The van der Waals surface area contributed by atoms with Crippen molar-refractivity contribution in [1.82, 2.24) is 4.90 Å². The summed E-state index contributed by atoms with van der Waals surface area (Å²) in [5.74, 6) is 0. The molecule has 0 aliphatic carbocycles. The Morgan fingerprint density at radius 1 is 1.33 bits per heavy atom. The molecular weight excluding hydrogens is 150 g/mol. The van der Waals surface area contributed by atoms with Crippen molar-refractivity contribution < 1.29 is 5.11 Å². The van der Waals surface area contributed by atoms with Gasteiger partial charge in [0.1, 0.15) is 0 Å². The molecule has 2 heteroatoms. The monoisotopic (exact) mass is 171 g/mol. The summed E-state index contributed by atoms with van der Waals surface area (Å²) >= 11 is 0. The van der Waals surface area contributed by atoms with E-state index < -0.39 is 0 Å². The zero-order valence-corrected chi connectivity index (χ0v) is 8.67. The molecular formula is C10H21NO. The first-order chi connectivity index (χ1) is 5.41. The Balaban J connectivity index is 2.61. The van der Waals surface area contributed by atoms with Crippen molar-refractivity contribution in [2.24, 2.45) is 5.41 Å². The van der Waals surface area contributed by atoms with Gasteiger partial charge in [0.2, 0.25) is 0 Å². The van der Waals surface area contributed by atoms with Gasteiger partial charge in [-0.3, -0.25) is 0 Å². The second-order valence-electron chi connectivity index (χ2n) is 5.04. The van der Waals surface area contributed by atoms with Gasteiger partial charge in [-0.05, 0) is 25.3 Å². The predicted molar refractivity (Wildman–Crippen MR) is 51.1 cm³/mol. The lowest BCUT2D eigenvalue weighted by atomic mass is 9.80. The highest BCUT2D eigenvalue weighted by molar-refractivity contribution is 4.87. The zero-order chi connectivity index (χ0) is 9.35. The molecule has 0 saturated carbocycles. The van der Waals surface area contributed by atoms with Crippen molar-refractivity contribution in [2.75, 3.05) is 13.6 Å². The van der Waals surface area contributed by atoms with Gasteiger partial charge >= 0.3 is 0 Å². The van der Waals surface area contributed by atoms with Crippen LogP contribution < -0.4 is 0 Å². The minimum absolute atomic E-state index is 0.0783. The van der Waals surface area contributed by atoms with Crippen LogP contribution in [0.5, 0.6) is 0 Å². The SMILES string of the molecule is CN1CCC(O)CC1C(C)(C)C. The second kappa shape index (κ2) is 3.35. The van der Waals surface area contributed by atoms with E-state index in [4.69, 9.17) is 0 Å². The van der Waals surface area contributed by atoms with Crippen molar-refractivity contribution in [3.8, 4) is 0 Å². The van der Waals surface area contributed by atoms with Crippen LogP contribution in [0.25, 0.3) is 0 Å². The van der Waals surface area contributed by atoms with Gasteiger partial charge < -0.3 is 10.0 Å². The van der Waals surface area contributed by atoms with Crippen LogP contribution in [0.2, 0.25) is 0 Å². The molecule has 1 aliphatic heterocycles. The Morgan fingerprint density at radius 2 is 1.92 bits per heavy atom. The quantitative estimate of drug-likeness (QED) is 0.597. The number of likely N-dealkylation sites (tertiary alicyclic amines) is 1. The molecule has 0 aromatic carbocycles. The fourth-order valence-corrected chi connectivity index (χ4v) is 2.08. The molecule has 12 heavy (non-hydrogen) atoms. The molecule has 1 saturated heterocycles. The maximum atomic E-state index is 9.53. The van der Waals surface area contributed by atoms with Crippen LogP contribution in [0.4, 0.5) is 0 Å². The molecule has 0 aromatic rings. The lowest BCUT2D eigenvalue weighted by Crippen LogP contribution is -2.48.